The molecule has 0 aromatic carbocycles. The smallest absolute Gasteiger partial charge is 0.177 e. The van der Waals surface area contributed by atoms with Gasteiger partial charge in [-0.15, -0.1) is 0 Å². The van der Waals surface area contributed by atoms with Crippen LogP contribution in [0.5, 0.6) is 0 Å². The molecule has 1 unspecified atom stereocenters. The Morgan fingerprint density at radius 1 is 0.359 bits per heavy atom. The predicted molar refractivity (Wildman–Crippen MR) is 139 cm³/mol. The van der Waals surface area contributed by atoms with Crippen LogP contribution < -0.4 is 0 Å². The molecule has 0 amide bonds. The first kappa shape index (κ1) is 38.4. The van der Waals surface area contributed by atoms with Crippen LogP contribution in [0.25, 0.3) is 0 Å². The van der Waals surface area contributed by atoms with Crippen molar-refractivity contribution in [2.75, 3.05) is 159 Å². The topological polar surface area (TPSA) is 151 Å². The lowest BCUT2D eigenvalue weighted by atomic mass is 10.6. The highest BCUT2D eigenvalue weighted by Crippen LogP contribution is 1.88. The number of methoxy groups -OCH3 is 1. The molecule has 0 radical (unpaired) electrons. The Morgan fingerprint density at radius 2 is 0.564 bits per heavy atom. The van der Waals surface area contributed by atoms with Gasteiger partial charge in [0.1, 0.15) is 0 Å². The quantitative estimate of drug-likeness (QED) is 0.0710. The first-order chi connectivity index (χ1) is 19.3. The SMILES string of the molecule is COC(O)COCCOCCOCCOCCOCCOCCOCCOCCOCCOCCOCCO. The first-order valence-corrected chi connectivity index (χ1v) is 13.5. The molecule has 0 aromatic heterocycles. The summed E-state index contributed by atoms with van der Waals surface area (Å²) < 4.78 is 63.5. The molecule has 0 saturated heterocycles. The van der Waals surface area contributed by atoms with Crippen LogP contribution in [0.15, 0.2) is 0 Å². The van der Waals surface area contributed by atoms with Crippen LogP contribution in [-0.4, -0.2) is 176 Å². The summed E-state index contributed by atoms with van der Waals surface area (Å²) in [5, 5.41) is 17.7. The third-order valence-electron chi connectivity index (χ3n) is 4.49. The van der Waals surface area contributed by atoms with Gasteiger partial charge in [-0.25, -0.2) is 0 Å². The number of aliphatic hydroxyl groups is 2. The number of rotatable bonds is 35. The molecular formula is C25H52O14. The molecule has 0 rings (SSSR count). The van der Waals surface area contributed by atoms with Gasteiger partial charge in [-0.2, -0.15) is 0 Å². The van der Waals surface area contributed by atoms with E-state index in [1.807, 2.05) is 0 Å². The van der Waals surface area contributed by atoms with Gasteiger partial charge in [0.15, 0.2) is 6.29 Å². The normalized spacial score (nSPS) is 12.4. The highest BCUT2D eigenvalue weighted by atomic mass is 16.6. The standard InChI is InChI=1S/C25H52O14/c1-28-25(27)24-39-23-22-38-21-20-37-19-18-36-17-16-35-15-14-34-13-12-33-11-10-32-9-8-31-7-6-30-5-4-29-3-2-26/h25-27H,2-24H2,1H3. The Kier molecular flexibility index (Phi) is 35.0. The highest BCUT2D eigenvalue weighted by molar-refractivity contribution is 4.39. The Hall–Kier alpha value is -0.560. The van der Waals surface area contributed by atoms with Crippen LogP contribution in [-0.2, 0) is 56.8 Å². The minimum atomic E-state index is -0.902. The fraction of sp³-hybridized carbons (Fsp3) is 1.00. The molecule has 2 N–H and O–H groups in total. The third-order valence-corrected chi connectivity index (χ3v) is 4.49. The van der Waals surface area contributed by atoms with Crippen molar-refractivity contribution in [2.45, 2.75) is 6.29 Å². The molecule has 0 fully saturated rings. The van der Waals surface area contributed by atoms with Crippen LogP contribution in [0.2, 0.25) is 0 Å². The van der Waals surface area contributed by atoms with Crippen molar-refractivity contribution in [1.82, 2.24) is 0 Å². The van der Waals surface area contributed by atoms with E-state index in [9.17, 15) is 0 Å². The molecule has 0 saturated carbocycles. The van der Waals surface area contributed by atoms with E-state index in [1.165, 1.54) is 7.11 Å². The van der Waals surface area contributed by atoms with E-state index in [0.29, 0.717) is 139 Å². The molecule has 0 spiro atoms. The Labute approximate surface area is 232 Å². The van der Waals surface area contributed by atoms with Crippen molar-refractivity contribution < 1.29 is 67.1 Å². The van der Waals surface area contributed by atoms with Crippen LogP contribution >= 0.6 is 0 Å². The van der Waals surface area contributed by atoms with Crippen LogP contribution in [0.3, 0.4) is 0 Å². The molecule has 14 heteroatoms. The Bertz CT molecular complexity index is 436. The molecule has 0 heterocycles. The fourth-order valence-corrected chi connectivity index (χ4v) is 2.52. The molecule has 0 aliphatic rings. The largest absolute Gasteiger partial charge is 0.394 e. The van der Waals surface area contributed by atoms with Gasteiger partial charge in [-0.1, -0.05) is 0 Å². The van der Waals surface area contributed by atoms with Gasteiger partial charge < -0.3 is 67.1 Å². The van der Waals surface area contributed by atoms with Crippen molar-refractivity contribution in [1.29, 1.82) is 0 Å². The maximum atomic E-state index is 9.12. The lowest BCUT2D eigenvalue weighted by molar-refractivity contribution is -0.123. The monoisotopic (exact) mass is 576 g/mol. The minimum absolute atomic E-state index is 0.0235. The number of hydrogen-bond acceptors (Lipinski definition) is 14. The molecule has 0 aliphatic carbocycles. The number of aliphatic hydroxyl groups excluding tert-OH is 2. The van der Waals surface area contributed by atoms with Gasteiger partial charge in [0.2, 0.25) is 0 Å². The van der Waals surface area contributed by atoms with Crippen LogP contribution in [0.4, 0.5) is 0 Å². The van der Waals surface area contributed by atoms with E-state index >= 15 is 0 Å². The van der Waals surface area contributed by atoms with Crippen molar-refractivity contribution in [3.05, 3.63) is 0 Å². The second-order valence-corrected chi connectivity index (χ2v) is 7.61. The van der Waals surface area contributed by atoms with Gasteiger partial charge in [-0.3, -0.25) is 0 Å². The average Bonchev–Trinajstić information content (AvgIpc) is 2.95. The van der Waals surface area contributed by atoms with Gasteiger partial charge in [0.05, 0.1) is 152 Å². The summed E-state index contributed by atoms with van der Waals surface area (Å²) in [5.41, 5.74) is 0. The van der Waals surface area contributed by atoms with E-state index in [2.05, 4.69) is 4.74 Å². The molecule has 14 nitrogen and oxygen atoms in total. The molecule has 0 aromatic rings. The summed E-state index contributed by atoms with van der Waals surface area (Å²) in [5.74, 6) is 0. The summed E-state index contributed by atoms with van der Waals surface area (Å²) in [4.78, 5) is 0. The van der Waals surface area contributed by atoms with E-state index in [0.717, 1.165) is 0 Å². The summed E-state index contributed by atoms with van der Waals surface area (Å²) in [6.07, 6.45) is -0.902. The second kappa shape index (κ2) is 35.5. The minimum Gasteiger partial charge on any atom is -0.394 e. The molecule has 39 heavy (non-hydrogen) atoms. The van der Waals surface area contributed by atoms with E-state index in [-0.39, 0.29) is 13.2 Å². The highest BCUT2D eigenvalue weighted by Gasteiger charge is 2.00. The summed E-state index contributed by atoms with van der Waals surface area (Å²) in [6.45, 7) is 10.2. The van der Waals surface area contributed by atoms with E-state index < -0.39 is 6.29 Å². The zero-order chi connectivity index (χ0) is 28.3. The van der Waals surface area contributed by atoms with Gasteiger partial charge in [-0.05, 0) is 0 Å². The van der Waals surface area contributed by atoms with Crippen molar-refractivity contribution >= 4 is 0 Å². The molecule has 0 aliphatic heterocycles. The zero-order valence-corrected chi connectivity index (χ0v) is 23.6. The lowest BCUT2D eigenvalue weighted by Gasteiger charge is -2.10. The lowest BCUT2D eigenvalue weighted by Crippen LogP contribution is -2.19. The van der Waals surface area contributed by atoms with E-state index in [1.54, 1.807) is 0 Å². The molecule has 1 atom stereocenters. The predicted octanol–water partition coefficient (Wildman–Crippen LogP) is -0.874. The average molecular weight is 577 g/mol. The fourth-order valence-electron chi connectivity index (χ4n) is 2.52. The summed E-state index contributed by atoms with van der Waals surface area (Å²) in [6, 6.07) is 0. The Balaban J connectivity index is 3.03. The number of hydrogen-bond donors (Lipinski definition) is 2. The van der Waals surface area contributed by atoms with Crippen molar-refractivity contribution in [2.24, 2.45) is 0 Å². The van der Waals surface area contributed by atoms with Crippen LogP contribution in [0, 0.1) is 0 Å². The van der Waals surface area contributed by atoms with Gasteiger partial charge in [0, 0.05) is 7.11 Å². The molecular weight excluding hydrogens is 524 g/mol. The zero-order valence-electron chi connectivity index (χ0n) is 23.6. The van der Waals surface area contributed by atoms with E-state index in [4.69, 9.17) is 62.3 Å². The maximum absolute atomic E-state index is 9.12. The Morgan fingerprint density at radius 3 is 0.769 bits per heavy atom. The molecule has 236 valence electrons. The van der Waals surface area contributed by atoms with Crippen molar-refractivity contribution in [3.8, 4) is 0 Å². The summed E-state index contributed by atoms with van der Waals surface area (Å²) in [7, 11) is 1.41. The van der Waals surface area contributed by atoms with Crippen LogP contribution in [0.1, 0.15) is 0 Å². The van der Waals surface area contributed by atoms with Crippen molar-refractivity contribution in [3.63, 3.8) is 0 Å². The first-order valence-electron chi connectivity index (χ1n) is 13.5. The third kappa shape index (κ3) is 35.4. The summed E-state index contributed by atoms with van der Waals surface area (Å²) >= 11 is 0. The maximum Gasteiger partial charge on any atom is 0.177 e. The number of ether oxygens (including phenoxy) is 12. The second-order valence-electron chi connectivity index (χ2n) is 7.61. The molecule has 0 bridgehead atoms. The van der Waals surface area contributed by atoms with Gasteiger partial charge in [0.25, 0.3) is 0 Å². The van der Waals surface area contributed by atoms with Gasteiger partial charge >= 0.3 is 0 Å².